The van der Waals surface area contributed by atoms with E-state index in [0.717, 1.165) is 17.2 Å². The van der Waals surface area contributed by atoms with Crippen molar-refractivity contribution >= 4 is 41.6 Å². The van der Waals surface area contributed by atoms with Crippen LogP contribution in [0.25, 0.3) is 33.8 Å². The first-order valence-corrected chi connectivity index (χ1v) is 19.7. The van der Waals surface area contributed by atoms with Gasteiger partial charge in [0.25, 0.3) is 0 Å². The van der Waals surface area contributed by atoms with Gasteiger partial charge in [-0.1, -0.05) is 55.5 Å². The van der Waals surface area contributed by atoms with E-state index in [1.54, 1.807) is 29.3 Å². The third-order valence-corrected chi connectivity index (χ3v) is 10.3. The minimum absolute atomic E-state index is 0.199. The largest absolute Gasteiger partial charge is 0.456 e. The van der Waals surface area contributed by atoms with Crippen molar-refractivity contribution in [2.24, 2.45) is 0 Å². The highest BCUT2D eigenvalue weighted by Gasteiger charge is 2.49. The lowest BCUT2D eigenvalue weighted by Crippen LogP contribution is -2.35. The maximum Gasteiger partial charge on any atom is 0.301 e. The van der Waals surface area contributed by atoms with Crippen LogP contribution in [0.2, 0.25) is 30.7 Å². The molecule has 0 bridgehead atoms. The van der Waals surface area contributed by atoms with Crippen LogP contribution in [-0.4, -0.2) is 92.4 Å². The summed E-state index contributed by atoms with van der Waals surface area (Å²) in [5.74, 6) is 0.530. The van der Waals surface area contributed by atoms with E-state index in [4.69, 9.17) is 40.5 Å². The monoisotopic (exact) mass is 643 g/mol. The van der Waals surface area contributed by atoms with Gasteiger partial charge < -0.3 is 24.1 Å². The molecule has 1 aromatic carbocycles. The maximum atomic E-state index is 11.7. The van der Waals surface area contributed by atoms with Crippen molar-refractivity contribution < 1.29 is 28.3 Å². The first-order valence-electron chi connectivity index (χ1n) is 14.1. The van der Waals surface area contributed by atoms with Crippen molar-refractivity contribution in [3.05, 3.63) is 47.7 Å². The summed E-state index contributed by atoms with van der Waals surface area (Å²) in [6.07, 6.45) is 2.83. The topological polar surface area (TPSA) is 131 Å². The van der Waals surface area contributed by atoms with Gasteiger partial charge in [0.15, 0.2) is 17.6 Å². The van der Waals surface area contributed by atoms with Gasteiger partial charge in [-0.3, -0.25) is 8.78 Å². The second-order valence-electron chi connectivity index (χ2n) is 11.9. The second kappa shape index (κ2) is 12.3. The number of aromatic nitrogens is 5. The molecule has 3 aromatic heterocycles. The Balaban J connectivity index is 1.30. The summed E-state index contributed by atoms with van der Waals surface area (Å²) < 4.78 is 37.4. The Morgan fingerprint density at radius 1 is 1.07 bits per heavy atom. The molecule has 228 valence electrons. The molecule has 0 spiro atoms. The summed E-state index contributed by atoms with van der Waals surface area (Å²) in [6, 6.07) is 10.7. The molecule has 14 heteroatoms. The summed E-state index contributed by atoms with van der Waals surface area (Å²) in [6.45, 7) is 8.21. The molecule has 0 aliphatic carbocycles. The van der Waals surface area contributed by atoms with Gasteiger partial charge in [0.1, 0.15) is 30.6 Å². The van der Waals surface area contributed by atoms with Crippen LogP contribution in [0.15, 0.2) is 47.6 Å². The highest BCUT2D eigenvalue weighted by atomic mass is 35.5. The molecule has 2 fully saturated rings. The quantitative estimate of drug-likeness (QED) is 0.198. The summed E-state index contributed by atoms with van der Waals surface area (Å²) in [5.41, 5.74) is 3.33. The number of hydrogen-bond acceptors (Lipinski definition) is 10. The van der Waals surface area contributed by atoms with Gasteiger partial charge in [0.05, 0.1) is 39.6 Å². The Morgan fingerprint density at radius 3 is 2.47 bits per heavy atom. The van der Waals surface area contributed by atoms with Crippen molar-refractivity contribution in [3.8, 4) is 28.7 Å². The molecule has 4 aromatic rings. The summed E-state index contributed by atoms with van der Waals surface area (Å²) in [7, 11) is -2.43. The number of benzene rings is 1. The molecule has 0 amide bonds. The SMILES string of the molecule is CS(=O)c1cnc(-c2ccc(-c3nc4c(cc3Cl)nc(O[C@@H]3CO[C@H]5[C@@H]3OC[C@H]5O)n4COCC[Si](C)(C)C)cc2)nc1. The first kappa shape index (κ1) is 30.3. The number of halogens is 1. The maximum absolute atomic E-state index is 11.7. The summed E-state index contributed by atoms with van der Waals surface area (Å²) in [5, 5.41) is 10.6. The van der Waals surface area contributed by atoms with Crippen LogP contribution in [0.3, 0.4) is 0 Å². The van der Waals surface area contributed by atoms with E-state index in [1.807, 2.05) is 24.3 Å². The fourth-order valence-corrected chi connectivity index (χ4v) is 6.43. The van der Waals surface area contributed by atoms with Crippen LogP contribution in [0, 0.1) is 0 Å². The predicted octanol–water partition coefficient (Wildman–Crippen LogP) is 4.16. The van der Waals surface area contributed by atoms with Gasteiger partial charge in [0, 0.05) is 44.5 Å². The van der Waals surface area contributed by atoms with Crippen molar-refractivity contribution in [1.82, 2.24) is 24.5 Å². The lowest BCUT2D eigenvalue weighted by molar-refractivity contribution is 0.00336. The molecule has 1 unspecified atom stereocenters. The van der Waals surface area contributed by atoms with Gasteiger partial charge in [-0.05, 0) is 12.1 Å². The Kier molecular flexibility index (Phi) is 8.66. The molecular formula is C29H34ClN5O6SSi. The van der Waals surface area contributed by atoms with Crippen LogP contribution in [-0.2, 0) is 31.7 Å². The number of pyridine rings is 1. The highest BCUT2D eigenvalue weighted by molar-refractivity contribution is 7.84. The number of hydrogen-bond donors (Lipinski definition) is 1. The van der Waals surface area contributed by atoms with Crippen molar-refractivity contribution in [2.45, 2.75) is 61.7 Å². The fourth-order valence-electron chi connectivity index (χ4n) is 5.02. The van der Waals surface area contributed by atoms with E-state index in [0.29, 0.717) is 45.2 Å². The zero-order chi connectivity index (χ0) is 30.3. The number of aliphatic hydroxyl groups excluding tert-OH is 1. The number of rotatable bonds is 10. The molecule has 2 aliphatic rings. The molecule has 1 N–H and O–H groups in total. The zero-order valence-electron chi connectivity index (χ0n) is 24.4. The average molecular weight is 644 g/mol. The van der Waals surface area contributed by atoms with Gasteiger partial charge in [-0.25, -0.2) is 15.0 Å². The lowest BCUT2D eigenvalue weighted by atomic mass is 10.1. The van der Waals surface area contributed by atoms with Crippen LogP contribution in [0.1, 0.15) is 0 Å². The molecule has 0 saturated carbocycles. The van der Waals surface area contributed by atoms with E-state index < -0.39 is 37.2 Å². The zero-order valence-corrected chi connectivity index (χ0v) is 27.0. The standard InChI is InChI=1S/C29H34ClN5O6SSi/c1-42(37)19-12-31-27(32-13-19)18-7-5-17(6-8-18)24-20(30)11-21-28(34-24)35(16-38-9-10-43(2,3)4)29(33-21)41-23-15-40-25-22(36)14-39-26(23)25/h5-8,11-13,22-23,25-26,36H,9-10,14-16H2,1-4H3/t22-,23-,25-,26-,42?/m1/s1. The van der Waals surface area contributed by atoms with E-state index in [2.05, 4.69) is 29.6 Å². The molecule has 5 heterocycles. The molecule has 6 rings (SSSR count). The average Bonchev–Trinajstić information content (AvgIpc) is 3.65. The Morgan fingerprint density at radius 2 is 1.77 bits per heavy atom. The number of ether oxygens (including phenoxy) is 4. The van der Waals surface area contributed by atoms with E-state index in [9.17, 15) is 9.32 Å². The molecule has 2 aliphatic heterocycles. The Labute approximate surface area is 258 Å². The molecule has 0 radical (unpaired) electrons. The van der Waals surface area contributed by atoms with E-state index in [-0.39, 0.29) is 26.0 Å². The van der Waals surface area contributed by atoms with Crippen LogP contribution in [0.4, 0.5) is 0 Å². The Hall–Kier alpha value is -2.78. The van der Waals surface area contributed by atoms with Gasteiger partial charge in [-0.15, -0.1) is 0 Å². The minimum atomic E-state index is -1.29. The van der Waals surface area contributed by atoms with Gasteiger partial charge >= 0.3 is 6.01 Å². The van der Waals surface area contributed by atoms with E-state index >= 15 is 0 Å². The molecule has 43 heavy (non-hydrogen) atoms. The van der Waals surface area contributed by atoms with Crippen molar-refractivity contribution in [3.63, 3.8) is 0 Å². The number of aliphatic hydroxyl groups is 1. The van der Waals surface area contributed by atoms with Gasteiger partial charge in [-0.2, -0.15) is 4.98 Å². The Bertz CT molecular complexity index is 1630. The van der Waals surface area contributed by atoms with Crippen LogP contribution in [0.5, 0.6) is 6.01 Å². The molecule has 5 atom stereocenters. The highest BCUT2D eigenvalue weighted by Crippen LogP contribution is 2.34. The van der Waals surface area contributed by atoms with Crippen LogP contribution < -0.4 is 4.74 Å². The smallest absolute Gasteiger partial charge is 0.301 e. The molecular weight excluding hydrogens is 610 g/mol. The number of nitrogens with zero attached hydrogens (tertiary/aromatic N) is 5. The van der Waals surface area contributed by atoms with E-state index in [1.165, 1.54) is 0 Å². The second-order valence-corrected chi connectivity index (χ2v) is 19.3. The lowest BCUT2D eigenvalue weighted by Gasteiger charge is -2.19. The minimum Gasteiger partial charge on any atom is -0.456 e. The number of fused-ring (bicyclic) bond motifs is 2. The molecule has 2 saturated heterocycles. The first-order chi connectivity index (χ1) is 20.6. The third-order valence-electron chi connectivity index (χ3n) is 7.47. The molecule has 11 nitrogen and oxygen atoms in total. The van der Waals surface area contributed by atoms with Crippen molar-refractivity contribution in [2.75, 3.05) is 26.1 Å². The third kappa shape index (κ3) is 6.53. The fraction of sp³-hybridized carbons (Fsp3) is 0.448. The predicted molar refractivity (Wildman–Crippen MR) is 165 cm³/mol. The number of imidazole rings is 1. The normalized spacial score (nSPS) is 22.7. The summed E-state index contributed by atoms with van der Waals surface area (Å²) in [4.78, 5) is 18.9. The van der Waals surface area contributed by atoms with Gasteiger partial charge in [0.2, 0.25) is 0 Å². The summed E-state index contributed by atoms with van der Waals surface area (Å²) >= 11 is 6.74. The van der Waals surface area contributed by atoms with Crippen molar-refractivity contribution in [1.29, 1.82) is 0 Å². The van der Waals surface area contributed by atoms with Crippen LogP contribution >= 0.6 is 11.6 Å².